The first-order chi connectivity index (χ1) is 11.1. The minimum Gasteiger partial charge on any atom is -0.351 e. The lowest BCUT2D eigenvalue weighted by Crippen LogP contribution is -2.43. The number of carbonyl (C=O) groups is 2. The highest BCUT2D eigenvalue weighted by atomic mass is 16.1. The minimum absolute atomic E-state index is 0.0377. The molecular formula is C19H20N2O2. The molecule has 1 aromatic heterocycles. The van der Waals surface area contributed by atoms with Gasteiger partial charge in [-0.25, -0.2) is 0 Å². The monoisotopic (exact) mass is 308 g/mol. The summed E-state index contributed by atoms with van der Waals surface area (Å²) in [5, 5.41) is 0.872. The van der Waals surface area contributed by atoms with Crippen LogP contribution in [0.3, 0.4) is 0 Å². The summed E-state index contributed by atoms with van der Waals surface area (Å²) in [7, 11) is 2.04. The first-order valence-electron chi connectivity index (χ1n) is 8.12. The number of benzene rings is 1. The predicted molar refractivity (Wildman–Crippen MR) is 89.8 cm³/mol. The molecule has 1 N–H and O–H groups in total. The molecule has 0 unspecified atom stereocenters. The van der Waals surface area contributed by atoms with Crippen LogP contribution in [-0.4, -0.2) is 41.6 Å². The van der Waals surface area contributed by atoms with Crippen LogP contribution in [0.2, 0.25) is 0 Å². The van der Waals surface area contributed by atoms with Gasteiger partial charge in [0.25, 0.3) is 0 Å². The predicted octanol–water partition coefficient (Wildman–Crippen LogP) is 3.06. The summed E-state index contributed by atoms with van der Waals surface area (Å²) in [6.07, 6.45) is 2.50. The van der Waals surface area contributed by atoms with Gasteiger partial charge in [0, 0.05) is 36.3 Å². The number of nitrogens with one attached hydrogen (secondary N) is 1. The number of ketones is 2. The quantitative estimate of drug-likeness (QED) is 0.761. The Morgan fingerprint density at radius 3 is 2.78 bits per heavy atom. The Labute approximate surface area is 135 Å². The molecule has 4 heteroatoms. The Morgan fingerprint density at radius 1 is 1.22 bits per heavy atom. The van der Waals surface area contributed by atoms with Crippen molar-refractivity contribution in [2.24, 2.45) is 11.8 Å². The average molecular weight is 308 g/mol. The number of hydrogen-bond donors (Lipinski definition) is 1. The van der Waals surface area contributed by atoms with Crippen LogP contribution < -0.4 is 0 Å². The van der Waals surface area contributed by atoms with E-state index in [0.29, 0.717) is 24.2 Å². The van der Waals surface area contributed by atoms with Crippen LogP contribution in [0.25, 0.3) is 10.9 Å². The highest BCUT2D eigenvalue weighted by molar-refractivity contribution is 6.18. The summed E-state index contributed by atoms with van der Waals surface area (Å²) in [6.45, 7) is 3.56. The van der Waals surface area contributed by atoms with E-state index in [9.17, 15) is 9.59 Å². The van der Waals surface area contributed by atoms with Crippen molar-refractivity contribution in [3.63, 3.8) is 0 Å². The van der Waals surface area contributed by atoms with Crippen molar-refractivity contribution in [3.05, 3.63) is 47.2 Å². The second-order valence-corrected chi connectivity index (χ2v) is 6.69. The summed E-state index contributed by atoms with van der Waals surface area (Å²) in [5.41, 5.74) is 3.18. The van der Waals surface area contributed by atoms with Gasteiger partial charge in [-0.05, 0) is 26.0 Å². The first kappa shape index (κ1) is 14.4. The highest BCUT2D eigenvalue weighted by Gasteiger charge is 2.42. The van der Waals surface area contributed by atoms with Gasteiger partial charge in [0.05, 0.1) is 11.3 Å². The highest BCUT2D eigenvalue weighted by Crippen LogP contribution is 2.39. The van der Waals surface area contributed by atoms with E-state index >= 15 is 0 Å². The fourth-order valence-electron chi connectivity index (χ4n) is 4.15. The molecule has 2 heterocycles. The van der Waals surface area contributed by atoms with Gasteiger partial charge >= 0.3 is 0 Å². The zero-order chi connectivity index (χ0) is 16.1. The Balaban J connectivity index is 1.91. The number of hydrogen-bond acceptors (Lipinski definition) is 3. The zero-order valence-corrected chi connectivity index (χ0v) is 13.4. The number of fused-ring (bicyclic) bond motifs is 4. The van der Waals surface area contributed by atoms with Crippen LogP contribution in [-0.2, 0) is 0 Å². The topological polar surface area (TPSA) is 53.2 Å². The van der Waals surface area contributed by atoms with E-state index in [1.54, 1.807) is 0 Å². The molecule has 118 valence electrons. The number of H-pyrrole nitrogens is 1. The number of piperidine rings is 1. The molecule has 1 saturated heterocycles. The molecule has 1 aliphatic carbocycles. The molecule has 0 amide bonds. The Hall–Kier alpha value is -2.20. The maximum absolute atomic E-state index is 13.3. The van der Waals surface area contributed by atoms with Gasteiger partial charge in [-0.3, -0.25) is 9.59 Å². The van der Waals surface area contributed by atoms with E-state index in [1.807, 2.05) is 38.2 Å². The molecule has 2 atom stereocenters. The van der Waals surface area contributed by atoms with Crippen molar-refractivity contribution in [1.82, 2.24) is 9.88 Å². The Kier molecular flexibility index (Phi) is 3.23. The number of Topliss-reactive ketones (excluding diaryl/α,β-unsaturated/α-hetero) is 2. The Morgan fingerprint density at radius 2 is 2.00 bits per heavy atom. The van der Waals surface area contributed by atoms with E-state index in [4.69, 9.17) is 0 Å². The lowest BCUT2D eigenvalue weighted by atomic mass is 9.77. The third kappa shape index (κ3) is 2.09. The molecule has 0 radical (unpaired) electrons. The van der Waals surface area contributed by atoms with Gasteiger partial charge in [0.15, 0.2) is 11.6 Å². The number of carbonyl (C=O) groups excluding carboxylic acids is 2. The third-order valence-corrected chi connectivity index (χ3v) is 5.27. The second-order valence-electron chi connectivity index (χ2n) is 6.69. The van der Waals surface area contributed by atoms with Gasteiger partial charge in [-0.2, -0.15) is 0 Å². The third-order valence-electron chi connectivity index (χ3n) is 5.27. The van der Waals surface area contributed by atoms with E-state index in [1.165, 1.54) is 5.57 Å². The smallest absolute Gasteiger partial charge is 0.180 e. The molecular weight excluding hydrogens is 288 g/mol. The SMILES string of the molecule is C/C=C1/CN(C)C[C@H]2C(=O)c3c([nH]c4ccccc34)C(=O)C[C@@H]12. The molecule has 0 bridgehead atoms. The molecule has 2 aromatic rings. The molecule has 2 aliphatic rings. The van der Waals surface area contributed by atoms with Crippen molar-refractivity contribution in [3.8, 4) is 0 Å². The van der Waals surface area contributed by atoms with Gasteiger partial charge in [0.2, 0.25) is 0 Å². The number of aromatic amines is 1. The minimum atomic E-state index is -0.135. The molecule has 1 aromatic carbocycles. The van der Waals surface area contributed by atoms with Crippen LogP contribution in [0, 0.1) is 11.8 Å². The lowest BCUT2D eigenvalue weighted by molar-refractivity contribution is 0.0799. The van der Waals surface area contributed by atoms with Crippen LogP contribution in [0.4, 0.5) is 0 Å². The first-order valence-corrected chi connectivity index (χ1v) is 8.12. The average Bonchev–Trinajstić information content (AvgIpc) is 2.90. The van der Waals surface area contributed by atoms with Gasteiger partial charge in [-0.1, -0.05) is 29.8 Å². The maximum atomic E-state index is 13.3. The normalized spacial score (nSPS) is 27.1. The molecule has 1 aliphatic heterocycles. The number of para-hydroxylation sites is 1. The van der Waals surface area contributed by atoms with Crippen LogP contribution in [0.5, 0.6) is 0 Å². The maximum Gasteiger partial charge on any atom is 0.180 e. The fraction of sp³-hybridized carbons (Fsp3) is 0.368. The van der Waals surface area contributed by atoms with Crippen molar-refractivity contribution < 1.29 is 9.59 Å². The van der Waals surface area contributed by atoms with Crippen molar-refractivity contribution in [2.75, 3.05) is 20.1 Å². The van der Waals surface area contributed by atoms with Gasteiger partial charge < -0.3 is 9.88 Å². The van der Waals surface area contributed by atoms with Crippen LogP contribution in [0.1, 0.15) is 34.2 Å². The summed E-state index contributed by atoms with van der Waals surface area (Å²) < 4.78 is 0. The standard InChI is InChI=1S/C19H20N2O2/c1-3-11-9-21(2)10-14-13(11)8-16(22)18-17(19(14)23)12-6-4-5-7-15(12)20-18/h3-7,13-14,20H,8-10H2,1-2H3/b11-3-/t13-,14+/m0/s1. The summed E-state index contributed by atoms with van der Waals surface area (Å²) >= 11 is 0. The number of likely N-dealkylation sites (N-methyl/N-ethyl adjacent to an activating group) is 1. The van der Waals surface area contributed by atoms with Crippen molar-refractivity contribution in [2.45, 2.75) is 13.3 Å². The molecule has 23 heavy (non-hydrogen) atoms. The van der Waals surface area contributed by atoms with Crippen molar-refractivity contribution >= 4 is 22.5 Å². The number of aromatic nitrogens is 1. The molecule has 0 spiro atoms. The van der Waals surface area contributed by atoms with E-state index in [0.717, 1.165) is 17.4 Å². The van der Waals surface area contributed by atoms with E-state index in [-0.39, 0.29) is 23.4 Å². The number of nitrogens with zero attached hydrogens (tertiary/aromatic N) is 1. The van der Waals surface area contributed by atoms with Crippen LogP contribution >= 0.6 is 0 Å². The lowest BCUT2D eigenvalue weighted by Gasteiger charge is -2.37. The summed E-state index contributed by atoms with van der Waals surface area (Å²) in [4.78, 5) is 31.4. The fourth-order valence-corrected chi connectivity index (χ4v) is 4.15. The van der Waals surface area contributed by atoms with E-state index < -0.39 is 0 Å². The van der Waals surface area contributed by atoms with Gasteiger partial charge in [0.1, 0.15) is 0 Å². The zero-order valence-electron chi connectivity index (χ0n) is 13.4. The summed E-state index contributed by atoms with van der Waals surface area (Å²) in [5.74, 6) is 0.0697. The number of rotatable bonds is 0. The molecule has 4 nitrogen and oxygen atoms in total. The van der Waals surface area contributed by atoms with Crippen molar-refractivity contribution in [1.29, 1.82) is 0 Å². The summed E-state index contributed by atoms with van der Waals surface area (Å²) in [6, 6.07) is 7.69. The Bertz CT molecular complexity index is 846. The van der Waals surface area contributed by atoms with Gasteiger partial charge in [-0.15, -0.1) is 0 Å². The van der Waals surface area contributed by atoms with Crippen LogP contribution in [0.15, 0.2) is 35.9 Å². The largest absolute Gasteiger partial charge is 0.351 e. The molecule has 1 fully saturated rings. The van der Waals surface area contributed by atoms with E-state index in [2.05, 4.69) is 16.0 Å². The number of allylic oxidation sites excluding steroid dienone is 1. The molecule has 0 saturated carbocycles. The molecule has 4 rings (SSSR count). The number of likely N-dealkylation sites (tertiary alicyclic amines) is 1. The second kappa shape index (κ2) is 5.17.